The molecule has 1 amide bonds. The van der Waals surface area contributed by atoms with Gasteiger partial charge in [0.1, 0.15) is 0 Å². The quantitative estimate of drug-likeness (QED) is 0.765. The molecule has 1 aliphatic heterocycles. The molecule has 1 atom stereocenters. The number of carbonyl (C=O) groups excluding carboxylic acids is 1. The molecule has 1 unspecified atom stereocenters. The lowest BCUT2D eigenvalue weighted by atomic mass is 9.86. The van der Waals surface area contributed by atoms with Crippen LogP contribution in [0.1, 0.15) is 44.6 Å². The Balaban J connectivity index is 0.00000288. The van der Waals surface area contributed by atoms with E-state index in [0.29, 0.717) is 12.5 Å². The standard InChI is InChI=1S/C19H30N2O2.ClH/c1-15(2)18(16-7-4-3-5-8-16)19(22)21-12-9-17(10-13-21)23-14-6-11-20;/h3-5,7-8,15,17-18H,6,9-14,20H2,1-2H3;1H. The minimum Gasteiger partial charge on any atom is -0.378 e. The number of amides is 1. The first kappa shape index (κ1) is 20.9. The van der Waals surface area contributed by atoms with E-state index in [4.69, 9.17) is 10.5 Å². The Morgan fingerprint density at radius 1 is 1.25 bits per heavy atom. The molecule has 0 aliphatic carbocycles. The van der Waals surface area contributed by atoms with Gasteiger partial charge >= 0.3 is 0 Å². The predicted octanol–water partition coefficient (Wildman–Crippen LogP) is 3.20. The molecule has 1 fully saturated rings. The number of piperidine rings is 1. The minimum absolute atomic E-state index is 0. The van der Waals surface area contributed by atoms with Crippen molar-refractivity contribution in [3.05, 3.63) is 35.9 Å². The lowest BCUT2D eigenvalue weighted by molar-refractivity contribution is -0.136. The molecule has 1 aromatic carbocycles. The van der Waals surface area contributed by atoms with Crippen molar-refractivity contribution >= 4 is 18.3 Å². The van der Waals surface area contributed by atoms with Crippen LogP contribution in [0.15, 0.2) is 30.3 Å². The van der Waals surface area contributed by atoms with E-state index < -0.39 is 0 Å². The average molecular weight is 355 g/mol. The Bertz CT molecular complexity index is 474. The van der Waals surface area contributed by atoms with Crippen LogP contribution < -0.4 is 5.73 Å². The maximum atomic E-state index is 13.0. The van der Waals surface area contributed by atoms with Crippen molar-refractivity contribution < 1.29 is 9.53 Å². The van der Waals surface area contributed by atoms with Crippen molar-refractivity contribution in [3.8, 4) is 0 Å². The molecule has 1 aliphatic rings. The summed E-state index contributed by atoms with van der Waals surface area (Å²) < 4.78 is 5.83. The van der Waals surface area contributed by atoms with Crippen LogP contribution >= 0.6 is 12.4 Å². The average Bonchev–Trinajstić information content (AvgIpc) is 2.56. The van der Waals surface area contributed by atoms with Gasteiger partial charge in [0.25, 0.3) is 0 Å². The van der Waals surface area contributed by atoms with Crippen LogP contribution in [0, 0.1) is 5.92 Å². The summed E-state index contributed by atoms with van der Waals surface area (Å²) in [6, 6.07) is 10.1. The number of nitrogens with zero attached hydrogens (tertiary/aromatic N) is 1. The molecule has 4 nitrogen and oxygen atoms in total. The molecule has 0 aromatic heterocycles. The van der Waals surface area contributed by atoms with Gasteiger partial charge in [-0.3, -0.25) is 4.79 Å². The minimum atomic E-state index is -0.0501. The zero-order valence-electron chi connectivity index (χ0n) is 14.8. The molecule has 2 N–H and O–H groups in total. The molecular formula is C19H31ClN2O2. The van der Waals surface area contributed by atoms with Gasteiger partial charge in [0.05, 0.1) is 12.0 Å². The summed E-state index contributed by atoms with van der Waals surface area (Å²) in [5.74, 6) is 0.501. The van der Waals surface area contributed by atoms with Gasteiger partial charge in [-0.15, -0.1) is 12.4 Å². The number of likely N-dealkylation sites (tertiary alicyclic amines) is 1. The van der Waals surface area contributed by atoms with E-state index in [9.17, 15) is 4.79 Å². The van der Waals surface area contributed by atoms with E-state index in [1.54, 1.807) is 0 Å². The molecule has 1 saturated heterocycles. The third-order valence-electron chi connectivity index (χ3n) is 4.55. The summed E-state index contributed by atoms with van der Waals surface area (Å²) in [6.07, 6.45) is 3.04. The molecule has 0 spiro atoms. The lowest BCUT2D eigenvalue weighted by Gasteiger charge is -2.35. The van der Waals surface area contributed by atoms with Crippen molar-refractivity contribution in [1.29, 1.82) is 0 Å². The second kappa shape index (κ2) is 10.7. The normalized spacial score (nSPS) is 16.8. The number of benzene rings is 1. The molecule has 0 saturated carbocycles. The van der Waals surface area contributed by atoms with Crippen LogP contribution in [0.5, 0.6) is 0 Å². The van der Waals surface area contributed by atoms with Crippen molar-refractivity contribution in [1.82, 2.24) is 4.90 Å². The Morgan fingerprint density at radius 3 is 2.42 bits per heavy atom. The van der Waals surface area contributed by atoms with Gasteiger partial charge in [-0.25, -0.2) is 0 Å². The van der Waals surface area contributed by atoms with Crippen LogP contribution in [0.3, 0.4) is 0 Å². The Labute approximate surface area is 152 Å². The van der Waals surface area contributed by atoms with Gasteiger partial charge < -0.3 is 15.4 Å². The molecule has 0 radical (unpaired) electrons. The fourth-order valence-corrected chi connectivity index (χ4v) is 3.25. The van der Waals surface area contributed by atoms with Crippen molar-refractivity contribution in [2.45, 2.75) is 45.1 Å². The molecule has 1 aromatic rings. The Morgan fingerprint density at radius 2 is 1.88 bits per heavy atom. The predicted molar refractivity (Wildman–Crippen MR) is 100 cm³/mol. The number of rotatable bonds is 7. The summed E-state index contributed by atoms with van der Waals surface area (Å²) in [6.45, 7) is 7.24. The SMILES string of the molecule is CC(C)C(C(=O)N1CCC(OCCCN)CC1)c1ccccc1.Cl. The van der Waals surface area contributed by atoms with E-state index in [0.717, 1.165) is 44.5 Å². The van der Waals surface area contributed by atoms with Gasteiger partial charge in [0.15, 0.2) is 0 Å². The summed E-state index contributed by atoms with van der Waals surface area (Å²) in [5.41, 5.74) is 6.61. The second-order valence-corrected chi connectivity index (χ2v) is 6.67. The van der Waals surface area contributed by atoms with Crippen LogP contribution in [-0.4, -0.2) is 43.2 Å². The highest BCUT2D eigenvalue weighted by Crippen LogP contribution is 2.28. The largest absolute Gasteiger partial charge is 0.378 e. The van der Waals surface area contributed by atoms with Gasteiger partial charge in [-0.1, -0.05) is 44.2 Å². The van der Waals surface area contributed by atoms with Gasteiger partial charge in [-0.2, -0.15) is 0 Å². The first-order valence-corrected chi connectivity index (χ1v) is 8.79. The van der Waals surface area contributed by atoms with E-state index in [1.165, 1.54) is 0 Å². The van der Waals surface area contributed by atoms with Crippen molar-refractivity contribution in [3.63, 3.8) is 0 Å². The van der Waals surface area contributed by atoms with Crippen molar-refractivity contribution in [2.75, 3.05) is 26.2 Å². The van der Waals surface area contributed by atoms with Crippen LogP contribution in [0.2, 0.25) is 0 Å². The van der Waals surface area contributed by atoms with Crippen LogP contribution in [-0.2, 0) is 9.53 Å². The molecule has 5 heteroatoms. The smallest absolute Gasteiger partial charge is 0.230 e. The fraction of sp³-hybridized carbons (Fsp3) is 0.632. The first-order chi connectivity index (χ1) is 11.1. The van der Waals surface area contributed by atoms with E-state index >= 15 is 0 Å². The third kappa shape index (κ3) is 5.76. The maximum absolute atomic E-state index is 13.0. The summed E-state index contributed by atoms with van der Waals surface area (Å²) in [7, 11) is 0. The van der Waals surface area contributed by atoms with Crippen molar-refractivity contribution in [2.24, 2.45) is 11.7 Å². The number of hydrogen-bond donors (Lipinski definition) is 1. The monoisotopic (exact) mass is 354 g/mol. The Kier molecular flexibility index (Phi) is 9.34. The number of halogens is 1. The highest BCUT2D eigenvalue weighted by Gasteiger charge is 2.31. The fourth-order valence-electron chi connectivity index (χ4n) is 3.25. The third-order valence-corrected chi connectivity index (χ3v) is 4.55. The highest BCUT2D eigenvalue weighted by molar-refractivity contribution is 5.85. The molecular weight excluding hydrogens is 324 g/mol. The van der Waals surface area contributed by atoms with Gasteiger partial charge in [-0.05, 0) is 37.3 Å². The highest BCUT2D eigenvalue weighted by atomic mass is 35.5. The van der Waals surface area contributed by atoms with Crippen LogP contribution in [0.25, 0.3) is 0 Å². The summed E-state index contributed by atoms with van der Waals surface area (Å²) in [5, 5.41) is 0. The number of hydrogen-bond acceptors (Lipinski definition) is 3. The molecule has 1 heterocycles. The summed E-state index contributed by atoms with van der Waals surface area (Å²) in [4.78, 5) is 15.0. The molecule has 2 rings (SSSR count). The topological polar surface area (TPSA) is 55.6 Å². The van der Waals surface area contributed by atoms with Gasteiger partial charge in [0.2, 0.25) is 5.91 Å². The lowest BCUT2D eigenvalue weighted by Crippen LogP contribution is -2.44. The zero-order valence-corrected chi connectivity index (χ0v) is 15.6. The molecule has 136 valence electrons. The first-order valence-electron chi connectivity index (χ1n) is 8.79. The number of ether oxygens (including phenoxy) is 1. The maximum Gasteiger partial charge on any atom is 0.230 e. The number of nitrogens with two attached hydrogens (primary N) is 1. The van der Waals surface area contributed by atoms with E-state index in [1.807, 2.05) is 23.1 Å². The number of carbonyl (C=O) groups is 1. The van der Waals surface area contributed by atoms with Gasteiger partial charge in [0, 0.05) is 19.7 Å². The van der Waals surface area contributed by atoms with E-state index in [2.05, 4.69) is 26.0 Å². The van der Waals surface area contributed by atoms with E-state index in [-0.39, 0.29) is 30.3 Å². The Hall–Kier alpha value is -1.10. The molecule has 24 heavy (non-hydrogen) atoms. The summed E-state index contributed by atoms with van der Waals surface area (Å²) >= 11 is 0. The second-order valence-electron chi connectivity index (χ2n) is 6.67. The van der Waals surface area contributed by atoms with Crippen LogP contribution in [0.4, 0.5) is 0 Å². The zero-order chi connectivity index (χ0) is 16.7. The molecule has 0 bridgehead atoms.